The van der Waals surface area contributed by atoms with Gasteiger partial charge in [0, 0.05) is 24.7 Å². The largest absolute Gasteiger partial charge is 0.316 e. The summed E-state index contributed by atoms with van der Waals surface area (Å²) in [6, 6.07) is 4.86. The van der Waals surface area contributed by atoms with Gasteiger partial charge in [-0.05, 0) is 31.5 Å². The Kier molecular flexibility index (Phi) is 6.25. The molecule has 1 atom stereocenters. The first kappa shape index (κ1) is 17.5. The van der Waals surface area contributed by atoms with E-state index in [4.69, 9.17) is 0 Å². The predicted octanol–water partition coefficient (Wildman–Crippen LogP) is 1.51. The van der Waals surface area contributed by atoms with Crippen molar-refractivity contribution >= 4 is 15.7 Å². The number of likely N-dealkylation sites (N-methyl/N-ethyl adjacent to an activating group) is 1. The molecule has 0 heterocycles. The van der Waals surface area contributed by atoms with Gasteiger partial charge >= 0.3 is 0 Å². The molecule has 0 radical (unpaired) electrons. The predicted molar refractivity (Wildman–Crippen MR) is 80.6 cm³/mol. The summed E-state index contributed by atoms with van der Waals surface area (Å²) < 4.78 is 26.7. The Morgan fingerprint density at radius 1 is 1.24 bits per heavy atom. The van der Waals surface area contributed by atoms with Crippen molar-refractivity contribution in [2.75, 3.05) is 13.6 Å². The SMILES string of the molecule is CN[C@H](CNS(=O)(=O)c1ccc([N+](=O)[O-])cc1)CC(C)C. The van der Waals surface area contributed by atoms with Crippen LogP contribution in [0.1, 0.15) is 20.3 Å². The number of nitro benzene ring substituents is 1. The average Bonchev–Trinajstić information content (AvgIpc) is 2.43. The van der Waals surface area contributed by atoms with E-state index in [9.17, 15) is 18.5 Å². The maximum absolute atomic E-state index is 12.1. The number of sulfonamides is 1. The van der Waals surface area contributed by atoms with Crippen molar-refractivity contribution < 1.29 is 13.3 Å². The van der Waals surface area contributed by atoms with E-state index in [1.54, 1.807) is 7.05 Å². The Bertz CT molecular complexity index is 570. The van der Waals surface area contributed by atoms with Crippen molar-refractivity contribution in [2.24, 2.45) is 5.92 Å². The van der Waals surface area contributed by atoms with Crippen LogP contribution in [0.2, 0.25) is 0 Å². The first-order chi connectivity index (χ1) is 9.76. The van der Waals surface area contributed by atoms with Gasteiger partial charge in [-0.3, -0.25) is 10.1 Å². The van der Waals surface area contributed by atoms with Gasteiger partial charge in [0.1, 0.15) is 0 Å². The lowest BCUT2D eigenvalue weighted by molar-refractivity contribution is -0.384. The summed E-state index contributed by atoms with van der Waals surface area (Å²) in [5, 5.41) is 13.6. The molecule has 0 aliphatic rings. The highest BCUT2D eigenvalue weighted by atomic mass is 32.2. The van der Waals surface area contributed by atoms with Gasteiger partial charge in [0.05, 0.1) is 9.82 Å². The molecule has 118 valence electrons. The number of nitrogens with zero attached hydrogens (tertiary/aromatic N) is 1. The summed E-state index contributed by atoms with van der Waals surface area (Å²) in [7, 11) is -1.87. The zero-order valence-electron chi connectivity index (χ0n) is 12.4. The summed E-state index contributed by atoms with van der Waals surface area (Å²) in [4.78, 5) is 10.0. The monoisotopic (exact) mass is 315 g/mol. The molecule has 0 aliphatic heterocycles. The molecule has 1 aromatic rings. The van der Waals surface area contributed by atoms with Crippen LogP contribution in [0.5, 0.6) is 0 Å². The fraction of sp³-hybridized carbons (Fsp3) is 0.538. The highest BCUT2D eigenvalue weighted by molar-refractivity contribution is 7.89. The normalized spacial score (nSPS) is 13.3. The molecule has 0 saturated heterocycles. The van der Waals surface area contributed by atoms with Gasteiger partial charge in [0.2, 0.25) is 10.0 Å². The van der Waals surface area contributed by atoms with Crippen molar-refractivity contribution in [3.8, 4) is 0 Å². The van der Waals surface area contributed by atoms with Crippen LogP contribution in [0.15, 0.2) is 29.2 Å². The van der Waals surface area contributed by atoms with Gasteiger partial charge in [-0.1, -0.05) is 13.8 Å². The molecule has 0 aromatic heterocycles. The van der Waals surface area contributed by atoms with Crippen LogP contribution in [0.25, 0.3) is 0 Å². The van der Waals surface area contributed by atoms with Gasteiger partial charge in [0.25, 0.3) is 5.69 Å². The molecule has 0 bridgehead atoms. The van der Waals surface area contributed by atoms with E-state index in [1.165, 1.54) is 24.3 Å². The number of benzene rings is 1. The highest BCUT2D eigenvalue weighted by Gasteiger charge is 2.18. The standard InChI is InChI=1S/C13H21N3O4S/c1-10(2)8-11(14-3)9-15-21(19,20)13-6-4-12(5-7-13)16(17)18/h4-7,10-11,14-15H,8-9H2,1-3H3/t11-/m0/s1. The van der Waals surface area contributed by atoms with Crippen LogP contribution in [0, 0.1) is 16.0 Å². The molecule has 21 heavy (non-hydrogen) atoms. The lowest BCUT2D eigenvalue weighted by atomic mass is 10.0. The quantitative estimate of drug-likeness (QED) is 0.559. The van der Waals surface area contributed by atoms with E-state index < -0.39 is 14.9 Å². The van der Waals surface area contributed by atoms with Crippen molar-refractivity contribution in [1.29, 1.82) is 0 Å². The minimum absolute atomic E-state index is 0.0208. The third kappa shape index (κ3) is 5.41. The molecule has 0 aliphatic carbocycles. The van der Waals surface area contributed by atoms with E-state index in [1.807, 2.05) is 0 Å². The first-order valence-corrected chi connectivity index (χ1v) is 8.16. The molecular weight excluding hydrogens is 294 g/mol. The number of rotatable bonds is 8. The minimum Gasteiger partial charge on any atom is -0.316 e. The molecule has 1 aromatic carbocycles. The molecule has 0 spiro atoms. The second-order valence-electron chi connectivity index (χ2n) is 5.22. The fourth-order valence-electron chi connectivity index (χ4n) is 1.91. The molecule has 8 heteroatoms. The third-order valence-corrected chi connectivity index (χ3v) is 4.48. The van der Waals surface area contributed by atoms with Crippen LogP contribution in [0.4, 0.5) is 5.69 Å². The minimum atomic E-state index is -3.66. The van der Waals surface area contributed by atoms with Crippen LogP contribution in [0.3, 0.4) is 0 Å². The zero-order chi connectivity index (χ0) is 16.0. The molecule has 7 nitrogen and oxygen atoms in total. The van der Waals surface area contributed by atoms with Gasteiger partial charge < -0.3 is 5.32 Å². The van der Waals surface area contributed by atoms with Crippen molar-refractivity contribution in [2.45, 2.75) is 31.2 Å². The molecule has 0 fully saturated rings. The summed E-state index contributed by atoms with van der Waals surface area (Å²) in [5.74, 6) is 0.450. The molecule has 0 amide bonds. The summed E-state index contributed by atoms with van der Waals surface area (Å²) in [6.45, 7) is 4.40. The molecular formula is C13H21N3O4S. The van der Waals surface area contributed by atoms with Gasteiger partial charge in [-0.25, -0.2) is 13.1 Å². The van der Waals surface area contributed by atoms with E-state index in [2.05, 4.69) is 23.9 Å². The number of hydrogen-bond acceptors (Lipinski definition) is 5. The molecule has 0 saturated carbocycles. The molecule has 2 N–H and O–H groups in total. The topological polar surface area (TPSA) is 101 Å². The number of hydrogen-bond donors (Lipinski definition) is 2. The van der Waals surface area contributed by atoms with E-state index in [0.29, 0.717) is 5.92 Å². The number of non-ortho nitro benzene ring substituents is 1. The van der Waals surface area contributed by atoms with Crippen LogP contribution >= 0.6 is 0 Å². The summed E-state index contributed by atoms with van der Waals surface area (Å²) in [6.07, 6.45) is 0.847. The summed E-state index contributed by atoms with van der Waals surface area (Å²) in [5.41, 5.74) is -0.137. The van der Waals surface area contributed by atoms with Gasteiger partial charge in [-0.2, -0.15) is 0 Å². The van der Waals surface area contributed by atoms with Crippen molar-refractivity contribution in [1.82, 2.24) is 10.0 Å². The second kappa shape index (κ2) is 7.48. The molecule has 1 rings (SSSR count). The van der Waals surface area contributed by atoms with E-state index in [-0.39, 0.29) is 23.2 Å². The molecule has 0 unspecified atom stereocenters. The number of nitrogens with one attached hydrogen (secondary N) is 2. The maximum Gasteiger partial charge on any atom is 0.269 e. The van der Waals surface area contributed by atoms with Crippen molar-refractivity contribution in [3.05, 3.63) is 34.4 Å². The second-order valence-corrected chi connectivity index (χ2v) is 6.99. The fourth-order valence-corrected chi connectivity index (χ4v) is 2.99. The van der Waals surface area contributed by atoms with Crippen molar-refractivity contribution in [3.63, 3.8) is 0 Å². The van der Waals surface area contributed by atoms with Crippen LogP contribution in [-0.2, 0) is 10.0 Å². The zero-order valence-corrected chi connectivity index (χ0v) is 13.2. The first-order valence-electron chi connectivity index (χ1n) is 6.67. The van der Waals surface area contributed by atoms with Crippen LogP contribution in [-0.4, -0.2) is 33.0 Å². The Hall–Kier alpha value is -1.51. The van der Waals surface area contributed by atoms with E-state index >= 15 is 0 Å². The van der Waals surface area contributed by atoms with Gasteiger partial charge in [0.15, 0.2) is 0 Å². The number of nitro groups is 1. The Morgan fingerprint density at radius 3 is 2.24 bits per heavy atom. The maximum atomic E-state index is 12.1. The highest BCUT2D eigenvalue weighted by Crippen LogP contribution is 2.15. The Labute approximate surface area is 124 Å². The lowest BCUT2D eigenvalue weighted by Crippen LogP contribution is -2.40. The third-order valence-electron chi connectivity index (χ3n) is 3.04. The average molecular weight is 315 g/mol. The smallest absolute Gasteiger partial charge is 0.269 e. The Morgan fingerprint density at radius 2 is 1.81 bits per heavy atom. The van der Waals surface area contributed by atoms with Crippen LogP contribution < -0.4 is 10.0 Å². The van der Waals surface area contributed by atoms with Gasteiger partial charge in [-0.15, -0.1) is 0 Å². The Balaban J connectivity index is 2.74. The van der Waals surface area contributed by atoms with E-state index in [0.717, 1.165) is 6.42 Å². The summed E-state index contributed by atoms with van der Waals surface area (Å²) >= 11 is 0. The lowest BCUT2D eigenvalue weighted by Gasteiger charge is -2.18.